The molecule has 1 amide bonds. The van der Waals surface area contributed by atoms with Gasteiger partial charge in [0.15, 0.2) is 0 Å². The van der Waals surface area contributed by atoms with E-state index in [1.54, 1.807) is 12.1 Å². The maximum absolute atomic E-state index is 11.2. The second kappa shape index (κ2) is 5.73. The Bertz CT molecular complexity index is 344. The third kappa shape index (κ3) is 3.59. The highest BCUT2D eigenvalue weighted by atomic mass is 79.9. The molecule has 0 aromatic heterocycles. The summed E-state index contributed by atoms with van der Waals surface area (Å²) in [6.07, 6.45) is 0.437. The van der Waals surface area contributed by atoms with E-state index < -0.39 is 0 Å². The monoisotopic (exact) mass is 339 g/mol. The van der Waals surface area contributed by atoms with Crippen molar-refractivity contribution < 1.29 is 4.79 Å². The van der Waals surface area contributed by atoms with Crippen LogP contribution in [0.3, 0.4) is 0 Å². The van der Waals surface area contributed by atoms with E-state index in [2.05, 4.69) is 37.2 Å². The Labute approximate surface area is 104 Å². The van der Waals surface area contributed by atoms with E-state index in [1.807, 2.05) is 6.07 Å². The molecule has 0 radical (unpaired) electrons. The maximum Gasteiger partial charge on any atom is 0.225 e. The van der Waals surface area contributed by atoms with Crippen LogP contribution in [0.15, 0.2) is 22.7 Å². The molecule has 76 valence electrons. The van der Waals surface area contributed by atoms with Gasteiger partial charge in [-0.2, -0.15) is 0 Å². The number of nitrogens with one attached hydrogen (secondary N) is 1. The van der Waals surface area contributed by atoms with Crippen LogP contribution in [0, 0.1) is 0 Å². The van der Waals surface area contributed by atoms with Gasteiger partial charge in [-0.1, -0.05) is 43.5 Å². The molecule has 0 heterocycles. The average molecular weight is 341 g/mol. The molecule has 14 heavy (non-hydrogen) atoms. The first kappa shape index (κ1) is 12.0. The van der Waals surface area contributed by atoms with Gasteiger partial charge in [0.2, 0.25) is 5.91 Å². The number of rotatable bonds is 3. The highest BCUT2D eigenvalue weighted by molar-refractivity contribution is 9.10. The minimum atomic E-state index is -0.0499. The lowest BCUT2D eigenvalue weighted by Gasteiger charge is -2.06. The van der Waals surface area contributed by atoms with Gasteiger partial charge in [0.25, 0.3) is 0 Å². The van der Waals surface area contributed by atoms with E-state index in [0.29, 0.717) is 22.5 Å². The van der Waals surface area contributed by atoms with Gasteiger partial charge in [-0.3, -0.25) is 4.79 Å². The third-order valence-corrected chi connectivity index (χ3v) is 2.73. The van der Waals surface area contributed by atoms with Gasteiger partial charge in [0, 0.05) is 16.2 Å². The van der Waals surface area contributed by atoms with Crippen molar-refractivity contribution in [3.05, 3.63) is 27.7 Å². The van der Waals surface area contributed by atoms with E-state index >= 15 is 0 Å². The van der Waals surface area contributed by atoms with Crippen LogP contribution < -0.4 is 5.32 Å². The van der Waals surface area contributed by atoms with Crippen LogP contribution in [0.2, 0.25) is 5.02 Å². The zero-order chi connectivity index (χ0) is 10.6. The zero-order valence-electron chi connectivity index (χ0n) is 7.19. The van der Waals surface area contributed by atoms with Gasteiger partial charge >= 0.3 is 0 Å². The van der Waals surface area contributed by atoms with Gasteiger partial charge in [-0.05, 0) is 18.2 Å². The first-order valence-electron chi connectivity index (χ1n) is 3.94. The molecule has 1 aromatic carbocycles. The van der Waals surface area contributed by atoms with E-state index in [1.165, 1.54) is 0 Å². The number of benzene rings is 1. The molecule has 5 heteroatoms. The lowest BCUT2D eigenvalue weighted by Crippen LogP contribution is -2.11. The second-order valence-corrected chi connectivity index (χ2v) is 4.73. The molecular formula is C9H8Br2ClNO. The normalized spacial score (nSPS) is 9.93. The summed E-state index contributed by atoms with van der Waals surface area (Å²) in [6.45, 7) is 0. The topological polar surface area (TPSA) is 29.1 Å². The van der Waals surface area contributed by atoms with Crippen molar-refractivity contribution in [3.8, 4) is 0 Å². The highest BCUT2D eigenvalue weighted by Crippen LogP contribution is 2.25. The quantitative estimate of drug-likeness (QED) is 0.832. The summed E-state index contributed by atoms with van der Waals surface area (Å²) >= 11 is 12.4. The van der Waals surface area contributed by atoms with E-state index in [9.17, 15) is 4.79 Å². The molecule has 1 aromatic rings. The molecule has 0 fully saturated rings. The minimum Gasteiger partial charge on any atom is -0.325 e. The Morgan fingerprint density at radius 2 is 2.21 bits per heavy atom. The number of hydrogen-bond acceptors (Lipinski definition) is 1. The summed E-state index contributed by atoms with van der Waals surface area (Å²) < 4.78 is 0.890. The molecule has 2 nitrogen and oxygen atoms in total. The molecule has 0 atom stereocenters. The van der Waals surface area contributed by atoms with Crippen LogP contribution in [-0.4, -0.2) is 11.2 Å². The molecule has 1 rings (SSSR count). The predicted octanol–water partition coefficient (Wildman–Crippen LogP) is 3.83. The molecule has 0 aliphatic rings. The Balaban J connectivity index is 2.72. The van der Waals surface area contributed by atoms with Crippen molar-refractivity contribution in [1.82, 2.24) is 0 Å². The zero-order valence-corrected chi connectivity index (χ0v) is 11.1. The molecule has 0 bridgehead atoms. The Hall–Kier alpha value is -0.0600. The second-order valence-electron chi connectivity index (χ2n) is 2.61. The average Bonchev–Trinajstić information content (AvgIpc) is 2.10. The van der Waals surface area contributed by atoms with Crippen molar-refractivity contribution >= 4 is 55.1 Å². The maximum atomic E-state index is 11.2. The molecule has 0 aliphatic heterocycles. The smallest absolute Gasteiger partial charge is 0.225 e. The number of halogens is 3. The van der Waals surface area contributed by atoms with Gasteiger partial charge < -0.3 is 5.32 Å². The number of alkyl halides is 1. The van der Waals surface area contributed by atoms with Crippen molar-refractivity contribution in [2.45, 2.75) is 6.42 Å². The Morgan fingerprint density at radius 3 is 2.79 bits per heavy atom. The lowest BCUT2D eigenvalue weighted by atomic mass is 10.3. The molecular weight excluding hydrogens is 333 g/mol. The van der Waals surface area contributed by atoms with Gasteiger partial charge in [-0.25, -0.2) is 0 Å². The highest BCUT2D eigenvalue weighted by Gasteiger charge is 2.04. The van der Waals surface area contributed by atoms with Crippen LogP contribution in [0.5, 0.6) is 0 Å². The van der Waals surface area contributed by atoms with Crippen LogP contribution in [-0.2, 0) is 4.79 Å². The largest absolute Gasteiger partial charge is 0.325 e. The van der Waals surface area contributed by atoms with Gasteiger partial charge in [0.1, 0.15) is 0 Å². The van der Waals surface area contributed by atoms with Gasteiger partial charge in [0.05, 0.1) is 10.7 Å². The summed E-state index contributed by atoms with van der Waals surface area (Å²) in [5, 5.41) is 3.89. The van der Waals surface area contributed by atoms with Crippen molar-refractivity contribution in [2.75, 3.05) is 10.6 Å². The van der Waals surface area contributed by atoms with Gasteiger partial charge in [-0.15, -0.1) is 0 Å². The molecule has 0 unspecified atom stereocenters. The number of carbonyl (C=O) groups excluding carboxylic acids is 1. The molecule has 0 aliphatic carbocycles. The molecule has 0 saturated carbocycles. The Morgan fingerprint density at radius 1 is 1.50 bits per heavy atom. The van der Waals surface area contributed by atoms with Crippen LogP contribution in [0.1, 0.15) is 6.42 Å². The molecule has 1 N–H and O–H groups in total. The number of amides is 1. The summed E-state index contributed by atoms with van der Waals surface area (Å²) in [5.41, 5.74) is 0.640. The third-order valence-electron chi connectivity index (χ3n) is 1.53. The Kier molecular flexibility index (Phi) is 4.92. The van der Waals surface area contributed by atoms with Crippen molar-refractivity contribution in [1.29, 1.82) is 0 Å². The fourth-order valence-electron chi connectivity index (χ4n) is 0.889. The van der Waals surface area contributed by atoms with Crippen molar-refractivity contribution in [3.63, 3.8) is 0 Å². The van der Waals surface area contributed by atoms with Crippen molar-refractivity contribution in [2.24, 2.45) is 0 Å². The van der Waals surface area contributed by atoms with Crippen LogP contribution in [0.4, 0.5) is 5.69 Å². The number of hydrogen-bond donors (Lipinski definition) is 1. The molecule has 0 spiro atoms. The van der Waals surface area contributed by atoms with E-state index in [-0.39, 0.29) is 5.91 Å². The minimum absolute atomic E-state index is 0.0499. The van der Waals surface area contributed by atoms with E-state index in [0.717, 1.165) is 4.47 Å². The first-order chi connectivity index (χ1) is 6.63. The summed E-state index contributed by atoms with van der Waals surface area (Å²) in [6, 6.07) is 5.33. The number of anilines is 1. The fraction of sp³-hybridized carbons (Fsp3) is 0.222. The fourth-order valence-corrected chi connectivity index (χ4v) is 1.97. The van der Waals surface area contributed by atoms with Crippen LogP contribution >= 0.6 is 43.5 Å². The van der Waals surface area contributed by atoms with Crippen LogP contribution in [0.25, 0.3) is 0 Å². The SMILES string of the molecule is O=C(CCBr)Nc1ccc(Br)cc1Cl. The summed E-state index contributed by atoms with van der Waals surface area (Å²) in [7, 11) is 0. The first-order valence-corrected chi connectivity index (χ1v) is 6.23. The molecule has 0 saturated heterocycles. The number of carbonyl (C=O) groups is 1. The summed E-state index contributed by atoms with van der Waals surface area (Å²) in [5.74, 6) is -0.0499. The summed E-state index contributed by atoms with van der Waals surface area (Å²) in [4.78, 5) is 11.2. The standard InChI is InChI=1S/C9H8Br2ClNO/c10-4-3-9(14)13-8-2-1-6(11)5-7(8)12/h1-2,5H,3-4H2,(H,13,14). The van der Waals surface area contributed by atoms with E-state index in [4.69, 9.17) is 11.6 Å². The predicted molar refractivity (Wildman–Crippen MR) is 66.2 cm³/mol. The lowest BCUT2D eigenvalue weighted by molar-refractivity contribution is -0.115.